The number of nitrogens with zero attached hydrogens (tertiary/aromatic N) is 1. The summed E-state index contributed by atoms with van der Waals surface area (Å²) in [4.78, 5) is 23.9. The Bertz CT molecular complexity index is 1400. The van der Waals surface area contributed by atoms with Crippen LogP contribution in [0.1, 0.15) is 38.2 Å². The molecule has 0 saturated heterocycles. The maximum absolute atomic E-state index is 12.9. The summed E-state index contributed by atoms with van der Waals surface area (Å²) in [5, 5.41) is 21.6. The SMILES string of the molecule is C=CCc1cc(/C=C(\C#N)C(=O)Nc2cccc(C)c2C)cc(OC)c1OCc1ccc(C(=O)O)cc1. The lowest BCUT2D eigenvalue weighted by molar-refractivity contribution is -0.112. The molecule has 0 saturated carbocycles. The van der Waals surface area contributed by atoms with Gasteiger partial charge in [-0.05, 0) is 78.9 Å². The predicted molar refractivity (Wildman–Crippen MR) is 143 cm³/mol. The van der Waals surface area contributed by atoms with Crippen LogP contribution in [0.25, 0.3) is 6.08 Å². The van der Waals surface area contributed by atoms with Crippen molar-refractivity contribution in [2.24, 2.45) is 0 Å². The van der Waals surface area contributed by atoms with Crippen LogP contribution in [0.15, 0.2) is 72.8 Å². The van der Waals surface area contributed by atoms with E-state index in [0.29, 0.717) is 29.2 Å². The molecule has 0 aliphatic rings. The lowest BCUT2D eigenvalue weighted by Gasteiger charge is -2.16. The van der Waals surface area contributed by atoms with Crippen LogP contribution in [0.4, 0.5) is 5.69 Å². The van der Waals surface area contributed by atoms with Gasteiger partial charge in [0.1, 0.15) is 18.2 Å². The minimum Gasteiger partial charge on any atom is -0.493 e. The number of ether oxygens (including phenoxy) is 2. The van der Waals surface area contributed by atoms with Crippen LogP contribution in [0.5, 0.6) is 11.5 Å². The largest absolute Gasteiger partial charge is 0.493 e. The van der Waals surface area contributed by atoms with Crippen molar-refractivity contribution in [1.82, 2.24) is 0 Å². The number of hydrogen-bond donors (Lipinski definition) is 2. The molecule has 0 bridgehead atoms. The Morgan fingerprint density at radius 2 is 1.86 bits per heavy atom. The Balaban J connectivity index is 1.89. The molecule has 1 amide bonds. The summed E-state index contributed by atoms with van der Waals surface area (Å²) < 4.78 is 11.6. The van der Waals surface area contributed by atoms with Gasteiger partial charge in [0.15, 0.2) is 11.5 Å². The number of methoxy groups -OCH3 is 1. The number of carbonyl (C=O) groups excluding carboxylic acids is 1. The van der Waals surface area contributed by atoms with Crippen molar-refractivity contribution in [1.29, 1.82) is 5.26 Å². The van der Waals surface area contributed by atoms with E-state index in [-0.39, 0.29) is 17.7 Å². The van der Waals surface area contributed by atoms with Gasteiger partial charge in [-0.1, -0.05) is 30.3 Å². The molecule has 0 unspecified atom stereocenters. The summed E-state index contributed by atoms with van der Waals surface area (Å²) in [5.74, 6) is -0.573. The molecule has 0 atom stereocenters. The smallest absolute Gasteiger partial charge is 0.335 e. The van der Waals surface area contributed by atoms with E-state index in [0.717, 1.165) is 22.3 Å². The number of carboxylic acid groups (broad SMARTS) is 1. The third-order valence-corrected chi connectivity index (χ3v) is 5.85. The number of nitrogens with one attached hydrogen (secondary N) is 1. The summed E-state index contributed by atoms with van der Waals surface area (Å²) in [5.41, 5.74) is 4.90. The van der Waals surface area contributed by atoms with E-state index in [4.69, 9.17) is 14.6 Å². The highest BCUT2D eigenvalue weighted by Gasteiger charge is 2.16. The Kier molecular flexibility index (Phi) is 8.85. The van der Waals surface area contributed by atoms with Gasteiger partial charge >= 0.3 is 5.97 Å². The van der Waals surface area contributed by atoms with Crippen LogP contribution < -0.4 is 14.8 Å². The Hall–Kier alpha value is -4.83. The molecule has 0 heterocycles. The molecule has 37 heavy (non-hydrogen) atoms. The topological polar surface area (TPSA) is 109 Å². The van der Waals surface area contributed by atoms with Crippen LogP contribution >= 0.6 is 0 Å². The number of rotatable bonds is 10. The van der Waals surface area contributed by atoms with Crippen molar-refractivity contribution < 1.29 is 24.2 Å². The minimum absolute atomic E-state index is 0.0558. The molecule has 7 nitrogen and oxygen atoms in total. The van der Waals surface area contributed by atoms with Crippen molar-refractivity contribution in [2.75, 3.05) is 12.4 Å². The van der Waals surface area contributed by atoms with E-state index in [9.17, 15) is 14.9 Å². The van der Waals surface area contributed by atoms with E-state index in [2.05, 4.69) is 11.9 Å². The number of anilines is 1. The van der Waals surface area contributed by atoms with Crippen molar-refractivity contribution >= 4 is 23.6 Å². The van der Waals surface area contributed by atoms with E-state index >= 15 is 0 Å². The molecule has 2 N–H and O–H groups in total. The molecule has 0 spiro atoms. The lowest BCUT2D eigenvalue weighted by Crippen LogP contribution is -2.14. The van der Waals surface area contributed by atoms with Gasteiger partial charge in [0, 0.05) is 11.3 Å². The molecule has 3 rings (SSSR count). The summed E-state index contributed by atoms with van der Waals surface area (Å²) in [6.45, 7) is 7.86. The molecule has 0 aliphatic heterocycles. The van der Waals surface area contributed by atoms with E-state index in [1.807, 2.05) is 38.1 Å². The van der Waals surface area contributed by atoms with Gasteiger partial charge in [-0.3, -0.25) is 4.79 Å². The first-order valence-electron chi connectivity index (χ1n) is 11.5. The highest BCUT2D eigenvalue weighted by molar-refractivity contribution is 6.10. The maximum Gasteiger partial charge on any atom is 0.335 e. The fourth-order valence-electron chi connectivity index (χ4n) is 3.68. The normalized spacial score (nSPS) is 10.8. The fourth-order valence-corrected chi connectivity index (χ4v) is 3.68. The Morgan fingerprint density at radius 3 is 2.49 bits per heavy atom. The first-order chi connectivity index (χ1) is 17.8. The highest BCUT2D eigenvalue weighted by Crippen LogP contribution is 2.35. The molecule has 0 aromatic heterocycles. The second-order valence-corrected chi connectivity index (χ2v) is 8.37. The van der Waals surface area contributed by atoms with Crippen LogP contribution in [0.2, 0.25) is 0 Å². The molecule has 0 aliphatic carbocycles. The molecule has 3 aromatic rings. The van der Waals surface area contributed by atoms with Gasteiger partial charge in [0.25, 0.3) is 5.91 Å². The molecule has 7 heteroatoms. The zero-order valence-corrected chi connectivity index (χ0v) is 21.0. The van der Waals surface area contributed by atoms with E-state index < -0.39 is 11.9 Å². The molecular formula is C30H28N2O5. The summed E-state index contributed by atoms with van der Waals surface area (Å²) in [6, 6.07) is 17.5. The zero-order chi connectivity index (χ0) is 26.9. The number of allylic oxidation sites excluding steroid dienone is 1. The summed E-state index contributed by atoms with van der Waals surface area (Å²) in [7, 11) is 1.51. The first-order valence-corrected chi connectivity index (χ1v) is 11.5. The number of nitriles is 1. The number of carbonyl (C=O) groups is 2. The number of aryl methyl sites for hydroxylation is 1. The predicted octanol–water partition coefficient (Wildman–Crippen LogP) is 5.86. The number of aromatic carboxylic acids is 1. The standard InChI is InChI=1S/C30H28N2O5/c1-5-7-24-14-22(15-25(17-31)29(33)32-26-9-6-8-19(2)20(26)3)16-27(36-4)28(24)37-18-21-10-12-23(13-11-21)30(34)35/h5-6,8-16H,1,7,18H2,2-4H3,(H,32,33)(H,34,35)/b25-15+. The quantitative estimate of drug-likeness (QED) is 0.207. The zero-order valence-electron chi connectivity index (χ0n) is 21.0. The number of amides is 1. The summed E-state index contributed by atoms with van der Waals surface area (Å²) >= 11 is 0. The van der Waals surface area contributed by atoms with Crippen LogP contribution in [0, 0.1) is 25.2 Å². The first kappa shape index (κ1) is 26.8. The van der Waals surface area contributed by atoms with Crippen LogP contribution in [0.3, 0.4) is 0 Å². The van der Waals surface area contributed by atoms with Crippen LogP contribution in [-0.2, 0) is 17.8 Å². The average molecular weight is 497 g/mol. The molecular weight excluding hydrogens is 468 g/mol. The van der Waals surface area contributed by atoms with Crippen molar-refractivity contribution in [3.05, 3.63) is 106 Å². The van der Waals surface area contributed by atoms with Gasteiger partial charge in [-0.25, -0.2) is 4.79 Å². The molecule has 0 radical (unpaired) electrons. The third kappa shape index (κ3) is 6.65. The van der Waals surface area contributed by atoms with Gasteiger partial charge in [0.05, 0.1) is 12.7 Å². The van der Waals surface area contributed by atoms with Crippen molar-refractivity contribution in [3.8, 4) is 17.6 Å². The Morgan fingerprint density at radius 1 is 1.14 bits per heavy atom. The van der Waals surface area contributed by atoms with Gasteiger partial charge in [-0.15, -0.1) is 6.58 Å². The van der Waals surface area contributed by atoms with Gasteiger partial charge in [-0.2, -0.15) is 5.26 Å². The third-order valence-electron chi connectivity index (χ3n) is 5.85. The number of benzene rings is 3. The summed E-state index contributed by atoms with van der Waals surface area (Å²) in [6.07, 6.45) is 3.68. The maximum atomic E-state index is 12.9. The minimum atomic E-state index is -0.995. The molecule has 3 aromatic carbocycles. The molecule has 188 valence electrons. The van der Waals surface area contributed by atoms with E-state index in [1.54, 1.807) is 30.3 Å². The number of hydrogen-bond acceptors (Lipinski definition) is 5. The Labute approximate surface area is 216 Å². The van der Waals surface area contributed by atoms with Crippen molar-refractivity contribution in [3.63, 3.8) is 0 Å². The molecule has 0 fully saturated rings. The van der Waals surface area contributed by atoms with Gasteiger partial charge < -0.3 is 19.9 Å². The highest BCUT2D eigenvalue weighted by atomic mass is 16.5. The lowest BCUT2D eigenvalue weighted by atomic mass is 10.0. The monoisotopic (exact) mass is 496 g/mol. The second-order valence-electron chi connectivity index (χ2n) is 8.37. The van der Waals surface area contributed by atoms with E-state index in [1.165, 1.54) is 25.3 Å². The average Bonchev–Trinajstić information content (AvgIpc) is 2.89. The van der Waals surface area contributed by atoms with Gasteiger partial charge in [0.2, 0.25) is 0 Å². The fraction of sp³-hybridized carbons (Fsp3) is 0.167. The number of carboxylic acids is 1. The van der Waals surface area contributed by atoms with Crippen LogP contribution in [-0.4, -0.2) is 24.1 Å². The van der Waals surface area contributed by atoms with Crippen molar-refractivity contribution in [2.45, 2.75) is 26.9 Å². The second kappa shape index (κ2) is 12.2.